The number of hydrogen-bond donors (Lipinski definition) is 0. The van der Waals surface area contributed by atoms with Crippen LogP contribution in [0.2, 0.25) is 0 Å². The van der Waals surface area contributed by atoms with Crippen molar-refractivity contribution in [2.24, 2.45) is 0 Å². The van der Waals surface area contributed by atoms with Gasteiger partial charge in [-0.25, -0.2) is 0 Å². The van der Waals surface area contributed by atoms with Gasteiger partial charge in [-0.2, -0.15) is 0 Å². The Labute approximate surface area is 221 Å². The molecular weight excluding hydrogens is 468 g/mol. The van der Waals surface area contributed by atoms with E-state index in [4.69, 9.17) is 23.7 Å². The van der Waals surface area contributed by atoms with Crippen LogP contribution in [0.1, 0.15) is 90.2 Å². The van der Waals surface area contributed by atoms with Crippen LogP contribution in [0, 0.1) is 0 Å². The number of carbonyl (C=O) groups is 1. The second-order valence-corrected chi connectivity index (χ2v) is 11.3. The van der Waals surface area contributed by atoms with Crippen LogP contribution in [-0.4, -0.2) is 37.4 Å². The predicted molar refractivity (Wildman–Crippen MR) is 143 cm³/mol. The molecule has 2 aromatic carbocycles. The molecule has 6 nitrogen and oxygen atoms in total. The second kappa shape index (κ2) is 12.3. The maximum Gasteiger partial charge on any atom is 0.306 e. The zero-order valence-corrected chi connectivity index (χ0v) is 22.8. The minimum Gasteiger partial charge on any atom is -0.465 e. The van der Waals surface area contributed by atoms with Gasteiger partial charge in [-0.05, 0) is 88.3 Å². The third-order valence-corrected chi connectivity index (χ3v) is 7.04. The van der Waals surface area contributed by atoms with Gasteiger partial charge in [0.05, 0.1) is 13.2 Å². The molecule has 0 radical (unpaired) electrons. The Kier molecular flexibility index (Phi) is 9.14. The molecule has 0 aliphatic carbocycles. The summed E-state index contributed by atoms with van der Waals surface area (Å²) in [5.74, 6) is 1.39. The quantitative estimate of drug-likeness (QED) is 0.341. The van der Waals surface area contributed by atoms with Gasteiger partial charge in [-0.15, -0.1) is 0 Å². The summed E-state index contributed by atoms with van der Waals surface area (Å²) >= 11 is 0. The van der Waals surface area contributed by atoms with Gasteiger partial charge in [0.15, 0.2) is 12.6 Å². The topological polar surface area (TPSA) is 63.2 Å². The first-order valence-corrected chi connectivity index (χ1v) is 13.7. The maximum atomic E-state index is 12.6. The zero-order chi connectivity index (χ0) is 26.3. The molecule has 4 rings (SSSR count). The molecule has 2 aliphatic heterocycles. The van der Waals surface area contributed by atoms with E-state index in [9.17, 15) is 4.79 Å². The van der Waals surface area contributed by atoms with Crippen LogP contribution in [0.3, 0.4) is 0 Å². The molecule has 0 aromatic heterocycles. The molecular formula is C31H42O6. The molecule has 2 fully saturated rings. The first-order valence-electron chi connectivity index (χ1n) is 13.7. The normalized spacial score (nSPS) is 22.1. The molecule has 202 valence electrons. The second-order valence-electron chi connectivity index (χ2n) is 11.3. The Morgan fingerprint density at radius 3 is 1.59 bits per heavy atom. The lowest BCUT2D eigenvalue weighted by Gasteiger charge is -2.32. The highest BCUT2D eigenvalue weighted by Crippen LogP contribution is 2.38. The first-order chi connectivity index (χ1) is 17.7. The van der Waals surface area contributed by atoms with Crippen molar-refractivity contribution < 1.29 is 28.5 Å². The first kappa shape index (κ1) is 27.5. The van der Waals surface area contributed by atoms with E-state index in [-0.39, 0.29) is 18.5 Å². The number of ether oxygens (including phenoxy) is 5. The Morgan fingerprint density at radius 1 is 0.757 bits per heavy atom. The average molecular weight is 511 g/mol. The molecule has 2 heterocycles. The molecule has 0 amide bonds. The van der Waals surface area contributed by atoms with Crippen LogP contribution in [0.4, 0.5) is 0 Å². The summed E-state index contributed by atoms with van der Waals surface area (Å²) in [4.78, 5) is 12.6. The Bertz CT molecular complexity index is 916. The van der Waals surface area contributed by atoms with E-state index < -0.39 is 11.0 Å². The number of rotatable bonds is 9. The summed E-state index contributed by atoms with van der Waals surface area (Å²) in [6.45, 7) is 9.36. The van der Waals surface area contributed by atoms with Gasteiger partial charge in [0.1, 0.15) is 17.1 Å². The van der Waals surface area contributed by atoms with E-state index in [2.05, 4.69) is 31.2 Å². The largest absolute Gasteiger partial charge is 0.465 e. The van der Waals surface area contributed by atoms with E-state index in [0.29, 0.717) is 12.8 Å². The molecule has 6 heteroatoms. The van der Waals surface area contributed by atoms with Crippen LogP contribution in [0.5, 0.6) is 11.5 Å². The van der Waals surface area contributed by atoms with Crippen molar-refractivity contribution >= 4 is 5.97 Å². The van der Waals surface area contributed by atoms with Crippen LogP contribution in [0.15, 0.2) is 48.5 Å². The average Bonchev–Trinajstić information content (AvgIpc) is 2.88. The van der Waals surface area contributed by atoms with E-state index in [0.717, 1.165) is 74.4 Å². The third-order valence-electron chi connectivity index (χ3n) is 7.04. The molecule has 0 N–H and O–H groups in total. The highest BCUT2D eigenvalue weighted by molar-refractivity contribution is 5.70. The summed E-state index contributed by atoms with van der Waals surface area (Å²) in [6, 6.07) is 16.4. The molecule has 37 heavy (non-hydrogen) atoms. The maximum absolute atomic E-state index is 12.6. The van der Waals surface area contributed by atoms with Crippen LogP contribution >= 0.6 is 0 Å². The fourth-order valence-corrected chi connectivity index (χ4v) is 4.91. The van der Waals surface area contributed by atoms with Crippen LogP contribution in [0.25, 0.3) is 0 Å². The summed E-state index contributed by atoms with van der Waals surface area (Å²) in [6.07, 6.45) is 6.81. The van der Waals surface area contributed by atoms with Crippen LogP contribution < -0.4 is 9.47 Å². The summed E-state index contributed by atoms with van der Waals surface area (Å²) < 4.78 is 29.1. The Hall–Kier alpha value is -2.57. The lowest BCUT2D eigenvalue weighted by atomic mass is 9.73. The number of benzene rings is 2. The molecule has 2 aliphatic rings. The highest BCUT2D eigenvalue weighted by Gasteiger charge is 2.31. The lowest BCUT2D eigenvalue weighted by Crippen LogP contribution is -2.28. The fourth-order valence-electron chi connectivity index (χ4n) is 4.91. The monoisotopic (exact) mass is 510 g/mol. The van der Waals surface area contributed by atoms with E-state index in [1.54, 1.807) is 0 Å². The molecule has 2 unspecified atom stereocenters. The zero-order valence-electron chi connectivity index (χ0n) is 22.8. The van der Waals surface area contributed by atoms with Gasteiger partial charge < -0.3 is 23.7 Å². The molecule has 2 atom stereocenters. The van der Waals surface area contributed by atoms with Crippen molar-refractivity contribution in [1.29, 1.82) is 0 Å². The summed E-state index contributed by atoms with van der Waals surface area (Å²) in [5, 5.41) is 0. The minimum absolute atomic E-state index is 0.182. The lowest BCUT2D eigenvalue weighted by molar-refractivity contribution is -0.155. The molecule has 2 saturated heterocycles. The molecule has 0 saturated carbocycles. The van der Waals surface area contributed by atoms with Crippen LogP contribution in [-0.2, 0) is 24.4 Å². The van der Waals surface area contributed by atoms with Crippen molar-refractivity contribution in [3.63, 3.8) is 0 Å². The number of carbonyl (C=O) groups excluding carboxylic acids is 1. The smallest absolute Gasteiger partial charge is 0.306 e. The Balaban J connectivity index is 1.51. The number of esters is 1. The van der Waals surface area contributed by atoms with E-state index in [1.807, 2.05) is 45.0 Å². The molecule has 0 bridgehead atoms. The van der Waals surface area contributed by atoms with Gasteiger partial charge in [-0.1, -0.05) is 31.2 Å². The third kappa shape index (κ3) is 7.96. The van der Waals surface area contributed by atoms with Gasteiger partial charge in [0.25, 0.3) is 0 Å². The van der Waals surface area contributed by atoms with Gasteiger partial charge in [0, 0.05) is 24.7 Å². The van der Waals surface area contributed by atoms with Crippen molar-refractivity contribution in [2.45, 2.75) is 103 Å². The van der Waals surface area contributed by atoms with E-state index >= 15 is 0 Å². The van der Waals surface area contributed by atoms with Gasteiger partial charge in [0.2, 0.25) is 0 Å². The molecule has 2 aromatic rings. The minimum atomic E-state index is -0.506. The van der Waals surface area contributed by atoms with E-state index in [1.165, 1.54) is 0 Å². The molecule has 0 spiro atoms. The van der Waals surface area contributed by atoms with Crippen molar-refractivity contribution in [3.8, 4) is 11.5 Å². The van der Waals surface area contributed by atoms with Crippen molar-refractivity contribution in [2.75, 3.05) is 13.2 Å². The number of hydrogen-bond acceptors (Lipinski definition) is 6. The van der Waals surface area contributed by atoms with Gasteiger partial charge >= 0.3 is 5.97 Å². The van der Waals surface area contributed by atoms with Crippen molar-refractivity contribution in [3.05, 3.63) is 59.7 Å². The van der Waals surface area contributed by atoms with Crippen molar-refractivity contribution in [1.82, 2.24) is 0 Å². The highest BCUT2D eigenvalue weighted by atomic mass is 16.7. The predicted octanol–water partition coefficient (Wildman–Crippen LogP) is 6.93. The van der Waals surface area contributed by atoms with Gasteiger partial charge in [-0.3, -0.25) is 4.79 Å². The summed E-state index contributed by atoms with van der Waals surface area (Å²) in [7, 11) is 0. The SMILES string of the molecule is CC(C)(C)OC(=O)CCC(C)(c1ccc(OC2CCCCO2)cc1)c1ccc(OC2CCCCO2)cc1. The standard InChI is InChI=1S/C31H42O6/c1-30(2,3)37-27(32)19-20-31(4,23-11-15-25(16-12-23)35-28-9-5-7-21-33-28)24-13-17-26(18-14-24)36-29-10-6-8-22-34-29/h11-18,28-29H,5-10,19-22H2,1-4H3. The fraction of sp³-hybridized carbons (Fsp3) is 0.581. The Morgan fingerprint density at radius 2 is 1.22 bits per heavy atom. The summed E-state index contributed by atoms with van der Waals surface area (Å²) in [5.41, 5.74) is 1.30.